The van der Waals surface area contributed by atoms with E-state index in [2.05, 4.69) is 14.4 Å². The van der Waals surface area contributed by atoms with Crippen LogP contribution in [0.5, 0.6) is 0 Å². The zero-order chi connectivity index (χ0) is 12.0. The molecule has 8 heteroatoms. The Labute approximate surface area is 92.5 Å². The Morgan fingerprint density at radius 2 is 2.31 bits per heavy atom. The van der Waals surface area contributed by atoms with Crippen molar-refractivity contribution in [2.45, 2.75) is 19.4 Å². The Hall–Kier alpha value is -1.41. The summed E-state index contributed by atoms with van der Waals surface area (Å²) in [6.45, 7) is 0.0475. The maximum Gasteiger partial charge on any atom is 0.303 e. The summed E-state index contributed by atoms with van der Waals surface area (Å²) in [6, 6.07) is 1.54. The quantitative estimate of drug-likeness (QED) is 0.700. The van der Waals surface area contributed by atoms with Crippen molar-refractivity contribution in [3.05, 3.63) is 18.0 Å². The molecule has 0 unspecified atom stereocenters. The van der Waals surface area contributed by atoms with Crippen molar-refractivity contribution in [3.63, 3.8) is 0 Å². The predicted octanol–water partition coefficient (Wildman–Crippen LogP) is -0.0412. The Balaban J connectivity index is 2.31. The van der Waals surface area contributed by atoms with Crippen molar-refractivity contribution in [2.24, 2.45) is 0 Å². The third kappa shape index (κ3) is 4.89. The Bertz CT molecular complexity index is 425. The highest BCUT2D eigenvalue weighted by atomic mass is 32.2. The first-order chi connectivity index (χ1) is 7.49. The molecule has 7 nitrogen and oxygen atoms in total. The van der Waals surface area contributed by atoms with E-state index in [1.54, 1.807) is 6.07 Å². The van der Waals surface area contributed by atoms with Crippen LogP contribution in [0.25, 0.3) is 0 Å². The van der Waals surface area contributed by atoms with Gasteiger partial charge >= 0.3 is 5.97 Å². The number of carbonyl (C=O) groups is 1. The van der Waals surface area contributed by atoms with E-state index in [4.69, 9.17) is 5.11 Å². The molecule has 0 amide bonds. The van der Waals surface area contributed by atoms with Gasteiger partial charge in [0, 0.05) is 12.5 Å². The molecule has 0 aliphatic rings. The van der Waals surface area contributed by atoms with E-state index < -0.39 is 16.0 Å². The van der Waals surface area contributed by atoms with Gasteiger partial charge in [0.15, 0.2) is 0 Å². The summed E-state index contributed by atoms with van der Waals surface area (Å²) in [5.74, 6) is -1.22. The van der Waals surface area contributed by atoms with Crippen LogP contribution in [0.2, 0.25) is 0 Å². The van der Waals surface area contributed by atoms with Crippen LogP contribution in [0, 0.1) is 0 Å². The highest BCUT2D eigenvalue weighted by Gasteiger charge is 2.11. The minimum absolute atomic E-state index is 0.0475. The number of nitrogens with zero attached hydrogens (tertiary/aromatic N) is 1. The van der Waals surface area contributed by atoms with Gasteiger partial charge in [-0.3, -0.25) is 4.79 Å². The van der Waals surface area contributed by atoms with Crippen LogP contribution < -0.4 is 4.72 Å². The second-order valence-electron chi connectivity index (χ2n) is 3.13. The molecule has 1 aromatic heterocycles. The monoisotopic (exact) mass is 248 g/mol. The maximum atomic E-state index is 11.3. The minimum atomic E-state index is -3.45. The second kappa shape index (κ2) is 5.61. The molecule has 0 aliphatic heterocycles. The Kier molecular flexibility index (Phi) is 4.44. The fourth-order valence-electron chi connectivity index (χ4n) is 0.998. The summed E-state index contributed by atoms with van der Waals surface area (Å²) >= 11 is 0. The van der Waals surface area contributed by atoms with E-state index in [0.717, 1.165) is 0 Å². The molecule has 1 rings (SSSR count). The van der Waals surface area contributed by atoms with Crippen molar-refractivity contribution < 1.29 is 22.8 Å². The van der Waals surface area contributed by atoms with Crippen molar-refractivity contribution in [1.82, 2.24) is 9.88 Å². The molecule has 2 N–H and O–H groups in total. The average molecular weight is 248 g/mol. The van der Waals surface area contributed by atoms with Crippen LogP contribution in [-0.4, -0.2) is 30.4 Å². The van der Waals surface area contributed by atoms with Gasteiger partial charge in [-0.25, -0.2) is 13.1 Å². The van der Waals surface area contributed by atoms with Gasteiger partial charge in [0.05, 0.1) is 18.0 Å². The molecule has 0 saturated carbocycles. The number of aliphatic carboxylic acids is 1. The molecule has 0 saturated heterocycles. The van der Waals surface area contributed by atoms with Gasteiger partial charge in [-0.2, -0.15) is 0 Å². The van der Waals surface area contributed by atoms with Gasteiger partial charge in [-0.15, -0.1) is 0 Å². The number of hydrogen-bond acceptors (Lipinski definition) is 5. The fourth-order valence-corrected chi connectivity index (χ4v) is 2.03. The molecule has 0 atom stereocenters. The van der Waals surface area contributed by atoms with Gasteiger partial charge in [0.25, 0.3) is 0 Å². The summed E-state index contributed by atoms with van der Waals surface area (Å²) in [6.07, 6.45) is 1.27. The molecule has 0 fully saturated rings. The standard InChI is InChI=1S/C8H12N2O5S/c11-8(12)2-1-5-16(13,14)9-6-7-3-4-15-10-7/h3-4,9H,1-2,5-6H2,(H,11,12). The SMILES string of the molecule is O=C(O)CCCS(=O)(=O)NCc1ccon1. The molecule has 0 radical (unpaired) electrons. The molecular formula is C8H12N2O5S. The van der Waals surface area contributed by atoms with E-state index in [9.17, 15) is 13.2 Å². The Morgan fingerprint density at radius 3 is 2.88 bits per heavy atom. The number of rotatable bonds is 7. The van der Waals surface area contributed by atoms with Gasteiger partial charge in [-0.05, 0) is 6.42 Å². The summed E-state index contributed by atoms with van der Waals surface area (Å²) in [4.78, 5) is 10.2. The van der Waals surface area contributed by atoms with E-state index in [0.29, 0.717) is 5.69 Å². The lowest BCUT2D eigenvalue weighted by Crippen LogP contribution is -2.26. The van der Waals surface area contributed by atoms with E-state index in [1.165, 1.54) is 6.26 Å². The van der Waals surface area contributed by atoms with Crippen LogP contribution in [0.15, 0.2) is 16.9 Å². The lowest BCUT2D eigenvalue weighted by atomic mass is 10.3. The van der Waals surface area contributed by atoms with Gasteiger partial charge in [0.1, 0.15) is 6.26 Å². The summed E-state index contributed by atoms with van der Waals surface area (Å²) in [7, 11) is -3.45. The second-order valence-corrected chi connectivity index (χ2v) is 5.05. The number of sulfonamides is 1. The first kappa shape index (κ1) is 12.7. The van der Waals surface area contributed by atoms with E-state index >= 15 is 0 Å². The first-order valence-corrected chi connectivity index (χ1v) is 6.23. The van der Waals surface area contributed by atoms with Crippen LogP contribution in [0.1, 0.15) is 18.5 Å². The number of nitrogens with one attached hydrogen (secondary N) is 1. The van der Waals surface area contributed by atoms with Gasteiger partial charge < -0.3 is 9.63 Å². The number of hydrogen-bond donors (Lipinski definition) is 2. The summed E-state index contributed by atoms with van der Waals surface area (Å²) in [5, 5.41) is 11.9. The number of carboxylic acid groups (broad SMARTS) is 1. The third-order valence-corrected chi connectivity index (χ3v) is 3.18. The van der Waals surface area contributed by atoms with Crippen molar-refractivity contribution in [2.75, 3.05) is 5.75 Å². The van der Waals surface area contributed by atoms with Crippen LogP contribution in [0.4, 0.5) is 0 Å². The minimum Gasteiger partial charge on any atom is -0.481 e. The fraction of sp³-hybridized carbons (Fsp3) is 0.500. The molecule has 90 valence electrons. The summed E-state index contributed by atoms with van der Waals surface area (Å²) in [5.41, 5.74) is 0.474. The predicted molar refractivity (Wildman–Crippen MR) is 54.0 cm³/mol. The molecule has 1 aromatic rings. The van der Waals surface area contributed by atoms with Crippen LogP contribution in [-0.2, 0) is 21.4 Å². The van der Waals surface area contributed by atoms with Crippen molar-refractivity contribution >= 4 is 16.0 Å². The van der Waals surface area contributed by atoms with Gasteiger partial charge in [-0.1, -0.05) is 5.16 Å². The first-order valence-electron chi connectivity index (χ1n) is 4.58. The summed E-state index contributed by atoms with van der Waals surface area (Å²) < 4.78 is 29.5. The average Bonchev–Trinajstić information content (AvgIpc) is 2.66. The zero-order valence-corrected chi connectivity index (χ0v) is 9.24. The van der Waals surface area contributed by atoms with E-state index in [-0.39, 0.29) is 25.1 Å². The highest BCUT2D eigenvalue weighted by Crippen LogP contribution is 1.98. The maximum absolute atomic E-state index is 11.3. The smallest absolute Gasteiger partial charge is 0.303 e. The number of carboxylic acids is 1. The topological polar surface area (TPSA) is 110 Å². The van der Waals surface area contributed by atoms with E-state index in [1.807, 2.05) is 0 Å². The van der Waals surface area contributed by atoms with Crippen LogP contribution in [0.3, 0.4) is 0 Å². The molecular weight excluding hydrogens is 236 g/mol. The Morgan fingerprint density at radius 1 is 1.56 bits per heavy atom. The zero-order valence-electron chi connectivity index (χ0n) is 8.42. The highest BCUT2D eigenvalue weighted by molar-refractivity contribution is 7.89. The lowest BCUT2D eigenvalue weighted by molar-refractivity contribution is -0.137. The van der Waals surface area contributed by atoms with Gasteiger partial charge in [0.2, 0.25) is 10.0 Å². The molecule has 0 spiro atoms. The molecule has 1 heterocycles. The third-order valence-electron chi connectivity index (χ3n) is 1.77. The van der Waals surface area contributed by atoms with Crippen molar-refractivity contribution in [1.29, 1.82) is 0 Å². The molecule has 16 heavy (non-hydrogen) atoms. The number of aromatic nitrogens is 1. The van der Waals surface area contributed by atoms with Crippen molar-refractivity contribution in [3.8, 4) is 0 Å². The molecule has 0 aromatic carbocycles. The molecule has 0 aliphatic carbocycles. The van der Waals surface area contributed by atoms with Crippen LogP contribution >= 0.6 is 0 Å². The normalized spacial score (nSPS) is 11.5. The largest absolute Gasteiger partial charge is 0.481 e. The molecule has 0 bridgehead atoms. The lowest BCUT2D eigenvalue weighted by Gasteiger charge is -2.03.